The maximum Gasteiger partial charge on any atom is 0.243 e. The Balaban J connectivity index is 2.43. The van der Waals surface area contributed by atoms with Gasteiger partial charge < -0.3 is 10.6 Å². The minimum Gasteiger partial charge on any atom is -0.344 e. The molecule has 23 heavy (non-hydrogen) atoms. The fourth-order valence-electron chi connectivity index (χ4n) is 2.02. The predicted octanol–water partition coefficient (Wildman–Crippen LogP) is 2.09. The van der Waals surface area contributed by atoms with Crippen LogP contribution in [-0.2, 0) is 15.3 Å². The van der Waals surface area contributed by atoms with Crippen molar-refractivity contribution in [2.24, 2.45) is 5.92 Å². The molecule has 0 radical (unpaired) electrons. The highest BCUT2D eigenvalue weighted by atomic mass is 32.2. The highest BCUT2D eigenvalue weighted by Gasteiger charge is 2.21. The van der Waals surface area contributed by atoms with Gasteiger partial charge in [0.1, 0.15) is 12.6 Å². The van der Waals surface area contributed by atoms with E-state index in [0.717, 1.165) is 11.3 Å². The number of thioether (sulfide) groups is 1. The van der Waals surface area contributed by atoms with Crippen molar-refractivity contribution in [1.29, 1.82) is 5.26 Å². The van der Waals surface area contributed by atoms with Gasteiger partial charge in [-0.2, -0.15) is 5.26 Å². The van der Waals surface area contributed by atoms with Crippen molar-refractivity contribution in [3.05, 3.63) is 35.9 Å². The van der Waals surface area contributed by atoms with E-state index in [9.17, 15) is 9.59 Å². The molecule has 0 unspecified atom stereocenters. The molecule has 1 aromatic carbocycles. The van der Waals surface area contributed by atoms with Gasteiger partial charge in [0.15, 0.2) is 0 Å². The average Bonchev–Trinajstić information content (AvgIpc) is 2.52. The van der Waals surface area contributed by atoms with Crippen LogP contribution in [0.5, 0.6) is 0 Å². The monoisotopic (exact) mass is 333 g/mol. The Bertz CT molecular complexity index is 541. The standard InChI is InChI=1S/C17H23N3O2S/c1-13(2)10-15(17(22)19-9-8-18)20-16(21)12-23-11-14-6-4-3-5-7-14/h3-7,13,15H,9-12H2,1-2H3,(H,19,22)(H,20,21)/t15-/m0/s1. The Morgan fingerprint density at radius 3 is 2.57 bits per heavy atom. The number of hydrogen-bond donors (Lipinski definition) is 2. The summed E-state index contributed by atoms with van der Waals surface area (Å²) in [5, 5.41) is 13.8. The summed E-state index contributed by atoms with van der Waals surface area (Å²) < 4.78 is 0. The van der Waals surface area contributed by atoms with Crippen LogP contribution in [0.3, 0.4) is 0 Å². The Kier molecular flexibility index (Phi) is 8.85. The van der Waals surface area contributed by atoms with Crippen molar-refractivity contribution >= 4 is 23.6 Å². The summed E-state index contributed by atoms with van der Waals surface area (Å²) in [5.41, 5.74) is 1.16. The smallest absolute Gasteiger partial charge is 0.243 e. The van der Waals surface area contributed by atoms with E-state index in [-0.39, 0.29) is 24.3 Å². The molecule has 0 aromatic heterocycles. The van der Waals surface area contributed by atoms with E-state index in [0.29, 0.717) is 12.2 Å². The van der Waals surface area contributed by atoms with Gasteiger partial charge in [0.05, 0.1) is 11.8 Å². The third-order valence-corrected chi connectivity index (χ3v) is 4.05. The normalized spacial score (nSPS) is 11.6. The summed E-state index contributed by atoms with van der Waals surface area (Å²) in [6.07, 6.45) is 0.548. The first kappa shape index (κ1) is 19.0. The third-order valence-electron chi connectivity index (χ3n) is 3.05. The molecule has 2 N–H and O–H groups in total. The number of hydrogen-bond acceptors (Lipinski definition) is 4. The summed E-state index contributed by atoms with van der Waals surface area (Å²) in [7, 11) is 0. The quantitative estimate of drug-likeness (QED) is 0.678. The molecule has 0 saturated heterocycles. The minimum absolute atomic E-state index is 0.0495. The van der Waals surface area contributed by atoms with Gasteiger partial charge in [0.2, 0.25) is 11.8 Å². The van der Waals surface area contributed by atoms with Gasteiger partial charge in [-0.05, 0) is 17.9 Å². The lowest BCUT2D eigenvalue weighted by Gasteiger charge is -2.19. The molecule has 0 spiro atoms. The maximum absolute atomic E-state index is 12.0. The van der Waals surface area contributed by atoms with Gasteiger partial charge >= 0.3 is 0 Å². The van der Waals surface area contributed by atoms with E-state index in [2.05, 4.69) is 10.6 Å². The first-order chi connectivity index (χ1) is 11.0. The third kappa shape index (κ3) is 8.27. The van der Waals surface area contributed by atoms with Gasteiger partial charge in [-0.3, -0.25) is 9.59 Å². The number of nitrogens with zero attached hydrogens (tertiary/aromatic N) is 1. The van der Waals surface area contributed by atoms with Crippen LogP contribution in [0, 0.1) is 17.2 Å². The molecule has 0 bridgehead atoms. The van der Waals surface area contributed by atoms with Crippen LogP contribution in [0.2, 0.25) is 0 Å². The zero-order valence-corrected chi connectivity index (χ0v) is 14.4. The summed E-state index contributed by atoms with van der Waals surface area (Å²) in [4.78, 5) is 24.0. The Hall–Kier alpha value is -2.00. The van der Waals surface area contributed by atoms with Gasteiger partial charge in [0.25, 0.3) is 0 Å². The molecule has 0 saturated carbocycles. The average molecular weight is 333 g/mol. The largest absolute Gasteiger partial charge is 0.344 e. The molecule has 0 heterocycles. The molecule has 6 heteroatoms. The first-order valence-corrected chi connectivity index (χ1v) is 8.74. The number of carbonyl (C=O) groups excluding carboxylic acids is 2. The molecule has 0 aliphatic rings. The van der Waals surface area contributed by atoms with Gasteiger partial charge in [-0.1, -0.05) is 44.2 Å². The molecule has 2 amide bonds. The van der Waals surface area contributed by atoms with Crippen LogP contribution in [0.25, 0.3) is 0 Å². The molecule has 0 aliphatic carbocycles. The number of benzene rings is 1. The highest BCUT2D eigenvalue weighted by Crippen LogP contribution is 2.12. The lowest BCUT2D eigenvalue weighted by molar-refractivity contribution is -0.128. The van der Waals surface area contributed by atoms with E-state index < -0.39 is 6.04 Å². The van der Waals surface area contributed by atoms with Crippen LogP contribution in [0.1, 0.15) is 25.8 Å². The molecule has 0 aliphatic heterocycles. The summed E-state index contributed by atoms with van der Waals surface area (Å²) >= 11 is 1.51. The Morgan fingerprint density at radius 1 is 1.26 bits per heavy atom. The van der Waals surface area contributed by atoms with Crippen LogP contribution in [0.15, 0.2) is 30.3 Å². The van der Waals surface area contributed by atoms with Crippen LogP contribution in [0.4, 0.5) is 0 Å². The van der Waals surface area contributed by atoms with Gasteiger partial charge in [0, 0.05) is 5.75 Å². The number of rotatable bonds is 9. The zero-order valence-electron chi connectivity index (χ0n) is 13.5. The van der Waals surface area contributed by atoms with E-state index >= 15 is 0 Å². The fourth-order valence-corrected chi connectivity index (χ4v) is 2.82. The number of amides is 2. The summed E-state index contributed by atoms with van der Waals surface area (Å²) in [5.74, 6) is 0.856. The van der Waals surface area contributed by atoms with E-state index in [1.165, 1.54) is 11.8 Å². The summed E-state index contributed by atoms with van der Waals surface area (Å²) in [6.45, 7) is 3.92. The first-order valence-electron chi connectivity index (χ1n) is 7.58. The highest BCUT2D eigenvalue weighted by molar-refractivity contribution is 7.99. The second kappa shape index (κ2) is 10.7. The molecule has 5 nitrogen and oxygen atoms in total. The van der Waals surface area contributed by atoms with Crippen LogP contribution >= 0.6 is 11.8 Å². The molecule has 1 rings (SSSR count). The molecule has 0 fully saturated rings. The lowest BCUT2D eigenvalue weighted by Crippen LogP contribution is -2.48. The SMILES string of the molecule is CC(C)C[C@H](NC(=O)CSCc1ccccc1)C(=O)NCC#N. The van der Waals surface area contributed by atoms with E-state index in [4.69, 9.17) is 5.26 Å². The number of nitrogens with one attached hydrogen (secondary N) is 2. The minimum atomic E-state index is -0.590. The summed E-state index contributed by atoms with van der Waals surface area (Å²) in [6, 6.07) is 11.2. The second-order valence-electron chi connectivity index (χ2n) is 5.60. The number of nitriles is 1. The van der Waals surface area contributed by atoms with Crippen LogP contribution in [-0.4, -0.2) is 30.2 Å². The Morgan fingerprint density at radius 2 is 1.96 bits per heavy atom. The number of carbonyl (C=O) groups is 2. The van der Waals surface area contributed by atoms with Gasteiger partial charge in [-0.25, -0.2) is 0 Å². The molecule has 1 aromatic rings. The molecular weight excluding hydrogens is 310 g/mol. The fraction of sp³-hybridized carbons (Fsp3) is 0.471. The van der Waals surface area contributed by atoms with Crippen molar-refractivity contribution in [2.45, 2.75) is 32.1 Å². The molecule has 1 atom stereocenters. The van der Waals surface area contributed by atoms with E-state index in [1.54, 1.807) is 0 Å². The van der Waals surface area contributed by atoms with Crippen molar-refractivity contribution < 1.29 is 9.59 Å². The zero-order chi connectivity index (χ0) is 17.1. The van der Waals surface area contributed by atoms with E-state index in [1.807, 2.05) is 50.2 Å². The predicted molar refractivity (Wildman–Crippen MR) is 92.6 cm³/mol. The topological polar surface area (TPSA) is 82.0 Å². The Labute approximate surface area is 141 Å². The van der Waals surface area contributed by atoms with Crippen molar-refractivity contribution in [1.82, 2.24) is 10.6 Å². The lowest BCUT2D eigenvalue weighted by atomic mass is 10.0. The van der Waals surface area contributed by atoms with Crippen LogP contribution < -0.4 is 10.6 Å². The van der Waals surface area contributed by atoms with Crippen molar-refractivity contribution in [3.8, 4) is 6.07 Å². The second-order valence-corrected chi connectivity index (χ2v) is 6.59. The van der Waals surface area contributed by atoms with Gasteiger partial charge in [-0.15, -0.1) is 11.8 Å². The van der Waals surface area contributed by atoms with Crippen molar-refractivity contribution in [3.63, 3.8) is 0 Å². The molecule has 124 valence electrons. The van der Waals surface area contributed by atoms with Crippen molar-refractivity contribution in [2.75, 3.05) is 12.3 Å². The maximum atomic E-state index is 12.0. The molecular formula is C17H23N3O2S.